The van der Waals surface area contributed by atoms with Gasteiger partial charge >= 0.3 is 12.1 Å². The highest BCUT2D eigenvalue weighted by molar-refractivity contribution is 5.89. The van der Waals surface area contributed by atoms with Crippen molar-refractivity contribution in [1.82, 2.24) is 4.90 Å². The molecule has 0 N–H and O–H groups in total. The molecule has 0 radical (unpaired) electrons. The van der Waals surface area contributed by atoms with E-state index < -0.39 is 6.09 Å². The summed E-state index contributed by atoms with van der Waals surface area (Å²) in [7, 11) is 0. The Morgan fingerprint density at radius 1 is 1.31 bits per heavy atom. The molecule has 0 aromatic heterocycles. The summed E-state index contributed by atoms with van der Waals surface area (Å²) in [4.78, 5) is 25.0. The van der Waals surface area contributed by atoms with E-state index >= 15 is 0 Å². The molecule has 2 unspecified atom stereocenters. The van der Waals surface area contributed by atoms with Gasteiger partial charge in [0.25, 0.3) is 0 Å². The molecule has 16 heavy (non-hydrogen) atoms. The molecule has 0 aromatic rings. The second-order valence-electron chi connectivity index (χ2n) is 5.19. The van der Waals surface area contributed by atoms with Crippen LogP contribution < -0.4 is 0 Å². The van der Waals surface area contributed by atoms with Crippen molar-refractivity contribution < 1.29 is 14.3 Å². The highest BCUT2D eigenvalue weighted by Gasteiger charge is 2.44. The lowest BCUT2D eigenvalue weighted by molar-refractivity contribution is -0.153. The first kappa shape index (κ1) is 11.4. The number of ether oxygens (including phenoxy) is 1. The molecule has 2 atom stereocenters. The molecule has 1 saturated carbocycles. The number of rotatable bonds is 2. The molecule has 4 nitrogen and oxygen atoms in total. The van der Waals surface area contributed by atoms with E-state index in [0.29, 0.717) is 12.5 Å². The maximum atomic E-state index is 11.7. The largest absolute Gasteiger partial charge is 0.417 e. The maximum Gasteiger partial charge on any atom is 0.417 e. The topological polar surface area (TPSA) is 46.6 Å². The van der Waals surface area contributed by atoms with Crippen LogP contribution in [0.4, 0.5) is 4.79 Å². The predicted molar refractivity (Wildman–Crippen MR) is 58.8 cm³/mol. The van der Waals surface area contributed by atoms with E-state index in [0.717, 1.165) is 25.7 Å². The fourth-order valence-corrected chi connectivity index (χ4v) is 2.72. The number of nitrogens with zero attached hydrogens (tertiary/aromatic N) is 1. The molecule has 0 bridgehead atoms. The lowest BCUT2D eigenvalue weighted by Crippen LogP contribution is -2.55. The van der Waals surface area contributed by atoms with Crippen LogP contribution in [-0.2, 0) is 9.53 Å². The Morgan fingerprint density at radius 3 is 2.69 bits per heavy atom. The Labute approximate surface area is 95.9 Å². The summed E-state index contributed by atoms with van der Waals surface area (Å²) < 4.78 is 4.82. The zero-order chi connectivity index (χ0) is 11.7. The zero-order valence-corrected chi connectivity index (χ0v) is 9.94. The van der Waals surface area contributed by atoms with Gasteiger partial charge in [0.1, 0.15) is 0 Å². The minimum atomic E-state index is -0.443. The average molecular weight is 225 g/mol. The van der Waals surface area contributed by atoms with Crippen molar-refractivity contribution in [2.75, 3.05) is 6.54 Å². The van der Waals surface area contributed by atoms with Crippen molar-refractivity contribution in [3.8, 4) is 0 Å². The number of fused-ring (bicyclic) bond motifs is 1. The molecular weight excluding hydrogens is 206 g/mol. The summed E-state index contributed by atoms with van der Waals surface area (Å²) in [5, 5.41) is 0. The molecule has 4 heteroatoms. The minimum absolute atomic E-state index is 0.0785. The summed E-state index contributed by atoms with van der Waals surface area (Å²) in [6, 6.07) is 0.0879. The standard InChI is InChI=1S/C12H19NO3/c1-8(2)7-13-10-6-4-3-5-9(10)11(14)16-12(13)15/h8-10H,3-7H2,1-2H3. The summed E-state index contributed by atoms with van der Waals surface area (Å²) >= 11 is 0. The number of amides is 1. The van der Waals surface area contributed by atoms with E-state index in [2.05, 4.69) is 13.8 Å². The highest BCUT2D eigenvalue weighted by Crippen LogP contribution is 2.33. The van der Waals surface area contributed by atoms with Crippen LogP contribution >= 0.6 is 0 Å². The van der Waals surface area contributed by atoms with Crippen LogP contribution in [0.2, 0.25) is 0 Å². The van der Waals surface area contributed by atoms with Crippen molar-refractivity contribution in [2.45, 2.75) is 45.6 Å². The van der Waals surface area contributed by atoms with Gasteiger partial charge in [0, 0.05) is 12.6 Å². The smallest absolute Gasteiger partial charge is 0.376 e. The monoisotopic (exact) mass is 225 g/mol. The Morgan fingerprint density at radius 2 is 2.00 bits per heavy atom. The Balaban J connectivity index is 2.15. The lowest BCUT2D eigenvalue weighted by atomic mass is 9.82. The molecule has 1 saturated heterocycles. The van der Waals surface area contributed by atoms with E-state index in [1.54, 1.807) is 4.90 Å². The second kappa shape index (κ2) is 4.44. The molecule has 1 aliphatic heterocycles. The molecule has 2 aliphatic rings. The van der Waals surface area contributed by atoms with E-state index in [1.807, 2.05) is 0 Å². The summed E-state index contributed by atoms with van der Waals surface area (Å²) in [6.07, 6.45) is 3.54. The van der Waals surface area contributed by atoms with Crippen LogP contribution in [-0.4, -0.2) is 29.5 Å². The van der Waals surface area contributed by atoms with E-state index in [4.69, 9.17) is 4.74 Å². The summed E-state index contributed by atoms with van der Waals surface area (Å²) in [5.74, 6) is 0.0169. The second-order valence-corrected chi connectivity index (χ2v) is 5.19. The van der Waals surface area contributed by atoms with Crippen LogP contribution in [0.15, 0.2) is 0 Å². The Kier molecular flexibility index (Phi) is 3.17. The van der Waals surface area contributed by atoms with Gasteiger partial charge in [-0.1, -0.05) is 26.7 Å². The van der Waals surface area contributed by atoms with Crippen molar-refractivity contribution in [2.24, 2.45) is 11.8 Å². The van der Waals surface area contributed by atoms with Crippen molar-refractivity contribution in [1.29, 1.82) is 0 Å². The van der Waals surface area contributed by atoms with Gasteiger partial charge in [-0.15, -0.1) is 0 Å². The van der Waals surface area contributed by atoms with Gasteiger partial charge < -0.3 is 9.64 Å². The Bertz CT molecular complexity index is 301. The third-order valence-electron chi connectivity index (χ3n) is 3.42. The quantitative estimate of drug-likeness (QED) is 0.534. The van der Waals surface area contributed by atoms with Gasteiger partial charge in [-0.3, -0.25) is 4.79 Å². The van der Waals surface area contributed by atoms with Crippen LogP contribution in [0.3, 0.4) is 0 Å². The molecule has 0 aromatic carbocycles. The first-order valence-electron chi connectivity index (χ1n) is 6.12. The minimum Gasteiger partial charge on any atom is -0.376 e. The van der Waals surface area contributed by atoms with Gasteiger partial charge in [0.15, 0.2) is 0 Å². The van der Waals surface area contributed by atoms with Gasteiger partial charge in [-0.05, 0) is 18.8 Å². The molecule has 1 amide bonds. The first-order valence-corrected chi connectivity index (χ1v) is 6.12. The van der Waals surface area contributed by atoms with Crippen LogP contribution in [0, 0.1) is 11.8 Å². The Hall–Kier alpha value is -1.06. The van der Waals surface area contributed by atoms with E-state index in [-0.39, 0.29) is 17.9 Å². The predicted octanol–water partition coefficient (Wildman–Crippen LogP) is 2.18. The fourth-order valence-electron chi connectivity index (χ4n) is 2.72. The van der Waals surface area contributed by atoms with Gasteiger partial charge in [0.2, 0.25) is 0 Å². The van der Waals surface area contributed by atoms with Crippen LogP contribution in [0.5, 0.6) is 0 Å². The van der Waals surface area contributed by atoms with Gasteiger partial charge in [-0.2, -0.15) is 0 Å². The van der Waals surface area contributed by atoms with Gasteiger partial charge in [-0.25, -0.2) is 4.79 Å². The number of cyclic esters (lactones) is 2. The molecule has 90 valence electrons. The number of carbonyl (C=O) groups is 2. The van der Waals surface area contributed by atoms with Crippen molar-refractivity contribution in [3.05, 3.63) is 0 Å². The fraction of sp³-hybridized carbons (Fsp3) is 0.833. The van der Waals surface area contributed by atoms with Crippen LogP contribution in [0.25, 0.3) is 0 Å². The zero-order valence-electron chi connectivity index (χ0n) is 9.94. The van der Waals surface area contributed by atoms with E-state index in [9.17, 15) is 9.59 Å². The SMILES string of the molecule is CC(C)CN1C(=O)OC(=O)C2CCCCC21. The molecule has 1 aliphatic carbocycles. The number of carbonyl (C=O) groups excluding carboxylic acids is 2. The third kappa shape index (κ3) is 2.06. The third-order valence-corrected chi connectivity index (χ3v) is 3.42. The molecular formula is C12H19NO3. The summed E-state index contributed by atoms with van der Waals surface area (Å²) in [6.45, 7) is 4.83. The molecule has 2 rings (SSSR count). The van der Waals surface area contributed by atoms with E-state index in [1.165, 1.54) is 0 Å². The molecule has 0 spiro atoms. The maximum absolute atomic E-state index is 11.7. The van der Waals surface area contributed by atoms with Crippen LogP contribution in [0.1, 0.15) is 39.5 Å². The highest BCUT2D eigenvalue weighted by atomic mass is 16.6. The molecule has 1 heterocycles. The van der Waals surface area contributed by atoms with Crippen molar-refractivity contribution in [3.63, 3.8) is 0 Å². The first-order chi connectivity index (χ1) is 7.59. The number of hydrogen-bond donors (Lipinski definition) is 0. The number of esters is 1. The molecule has 2 fully saturated rings. The van der Waals surface area contributed by atoms with Gasteiger partial charge in [0.05, 0.1) is 5.92 Å². The number of hydrogen-bond acceptors (Lipinski definition) is 3. The van der Waals surface area contributed by atoms with Crippen molar-refractivity contribution >= 4 is 12.1 Å². The lowest BCUT2D eigenvalue weighted by Gasteiger charge is -2.42. The average Bonchev–Trinajstić information content (AvgIpc) is 2.24. The normalized spacial score (nSPS) is 30.3. The summed E-state index contributed by atoms with van der Waals surface area (Å²) in [5.41, 5.74) is 0.